The molecule has 0 radical (unpaired) electrons. The lowest BCUT2D eigenvalue weighted by molar-refractivity contribution is 0.0698. The van der Waals surface area contributed by atoms with Crippen LogP contribution in [0.1, 0.15) is 12.8 Å². The van der Waals surface area contributed by atoms with Crippen molar-refractivity contribution in [3.8, 4) is 0 Å². The van der Waals surface area contributed by atoms with Crippen LogP contribution >= 0.6 is 12.4 Å². The van der Waals surface area contributed by atoms with E-state index >= 15 is 0 Å². The number of hydrogen-bond donors (Lipinski definition) is 1. The molecule has 1 unspecified atom stereocenters. The van der Waals surface area contributed by atoms with E-state index in [0.29, 0.717) is 0 Å². The molecule has 10 heavy (non-hydrogen) atoms. The molecule has 1 aliphatic carbocycles. The van der Waals surface area contributed by atoms with Gasteiger partial charge in [-0.1, -0.05) is 0 Å². The Morgan fingerprint density at radius 3 is 2.00 bits per heavy atom. The number of hydrogen-bond acceptors (Lipinski definition) is 1. The first kappa shape index (κ1) is 10.1. The van der Waals surface area contributed by atoms with Gasteiger partial charge in [0.1, 0.15) is 0 Å². The minimum atomic E-state index is -2.21. The number of halogens is 3. The molecule has 1 saturated carbocycles. The van der Waals surface area contributed by atoms with Crippen LogP contribution in [0.3, 0.4) is 0 Å². The van der Waals surface area contributed by atoms with Crippen LogP contribution in [0.4, 0.5) is 8.78 Å². The highest BCUT2D eigenvalue weighted by molar-refractivity contribution is 5.85. The predicted molar refractivity (Wildman–Crippen MR) is 38.5 cm³/mol. The molecular weight excluding hydrogens is 160 g/mol. The Bertz CT molecular complexity index is 93.7. The average molecular weight is 172 g/mol. The Hall–Kier alpha value is 0.110. The van der Waals surface area contributed by atoms with Gasteiger partial charge in [0.05, 0.1) is 0 Å². The van der Waals surface area contributed by atoms with Crippen LogP contribution < -0.4 is 5.73 Å². The van der Waals surface area contributed by atoms with E-state index in [2.05, 4.69) is 0 Å². The molecule has 0 aliphatic heterocycles. The van der Waals surface area contributed by atoms with E-state index in [4.69, 9.17) is 5.73 Å². The number of nitrogens with two attached hydrogens (primary N) is 1. The van der Waals surface area contributed by atoms with E-state index in [-0.39, 0.29) is 24.9 Å². The zero-order valence-corrected chi connectivity index (χ0v) is 6.41. The SMILES string of the molecule is Cl.NCC(C(F)F)C1CC1. The normalized spacial score (nSPS) is 20.4. The third-order valence-corrected chi connectivity index (χ3v) is 1.82. The van der Waals surface area contributed by atoms with Gasteiger partial charge in [0, 0.05) is 12.5 Å². The highest BCUT2D eigenvalue weighted by atomic mass is 35.5. The average Bonchev–Trinajstić information content (AvgIpc) is 2.50. The topological polar surface area (TPSA) is 26.0 Å². The van der Waals surface area contributed by atoms with Gasteiger partial charge in [-0.05, 0) is 18.8 Å². The zero-order chi connectivity index (χ0) is 6.85. The zero-order valence-electron chi connectivity index (χ0n) is 5.59. The predicted octanol–water partition coefficient (Wildman–Crippen LogP) is 1.66. The summed E-state index contributed by atoms with van der Waals surface area (Å²) in [5.41, 5.74) is 5.13. The molecule has 4 heteroatoms. The summed E-state index contributed by atoms with van der Waals surface area (Å²) in [5, 5.41) is 0. The van der Waals surface area contributed by atoms with Crippen LogP contribution in [0, 0.1) is 11.8 Å². The second kappa shape index (κ2) is 4.09. The van der Waals surface area contributed by atoms with Gasteiger partial charge in [0.15, 0.2) is 0 Å². The monoisotopic (exact) mass is 171 g/mol. The van der Waals surface area contributed by atoms with Crippen molar-refractivity contribution in [3.63, 3.8) is 0 Å². The molecule has 1 rings (SSSR count). The summed E-state index contributed by atoms with van der Waals surface area (Å²) in [5.74, 6) is -0.292. The van der Waals surface area contributed by atoms with Crippen molar-refractivity contribution < 1.29 is 8.78 Å². The van der Waals surface area contributed by atoms with Crippen molar-refractivity contribution in [1.82, 2.24) is 0 Å². The van der Waals surface area contributed by atoms with Crippen LogP contribution in [0.25, 0.3) is 0 Å². The van der Waals surface area contributed by atoms with Gasteiger partial charge in [-0.15, -0.1) is 12.4 Å². The summed E-state index contributed by atoms with van der Waals surface area (Å²) < 4.78 is 23.8. The van der Waals surface area contributed by atoms with Crippen LogP contribution in [0.2, 0.25) is 0 Å². The standard InChI is InChI=1S/C6H11F2N.ClH/c7-6(8)5(3-9)4-1-2-4;/h4-6H,1-3,9H2;1H. The van der Waals surface area contributed by atoms with E-state index in [0.717, 1.165) is 12.8 Å². The van der Waals surface area contributed by atoms with E-state index in [1.165, 1.54) is 0 Å². The van der Waals surface area contributed by atoms with Gasteiger partial charge >= 0.3 is 0 Å². The minimum Gasteiger partial charge on any atom is -0.330 e. The quantitative estimate of drug-likeness (QED) is 0.687. The molecular formula is C6H12ClF2N. The molecule has 0 amide bonds. The van der Waals surface area contributed by atoms with Crippen LogP contribution in [0.5, 0.6) is 0 Å². The van der Waals surface area contributed by atoms with Crippen LogP contribution in [0.15, 0.2) is 0 Å². The lowest BCUT2D eigenvalue weighted by Gasteiger charge is -2.10. The summed E-state index contributed by atoms with van der Waals surface area (Å²) >= 11 is 0. The Balaban J connectivity index is 0.000000810. The van der Waals surface area contributed by atoms with Crippen molar-refractivity contribution >= 4 is 12.4 Å². The Labute approximate surface area is 65.4 Å². The lowest BCUT2D eigenvalue weighted by atomic mass is 10.1. The lowest BCUT2D eigenvalue weighted by Crippen LogP contribution is -2.23. The smallest absolute Gasteiger partial charge is 0.242 e. The van der Waals surface area contributed by atoms with Gasteiger partial charge < -0.3 is 5.73 Å². The third kappa shape index (κ3) is 2.39. The molecule has 0 spiro atoms. The molecule has 0 saturated heterocycles. The molecule has 2 N–H and O–H groups in total. The molecule has 1 nitrogen and oxygen atoms in total. The van der Waals surface area contributed by atoms with Gasteiger partial charge in [0.2, 0.25) is 6.43 Å². The first-order chi connectivity index (χ1) is 4.25. The van der Waals surface area contributed by atoms with Crippen molar-refractivity contribution in [1.29, 1.82) is 0 Å². The summed E-state index contributed by atoms with van der Waals surface area (Å²) in [6, 6.07) is 0. The fraction of sp³-hybridized carbons (Fsp3) is 1.00. The molecule has 0 aromatic rings. The van der Waals surface area contributed by atoms with E-state index in [9.17, 15) is 8.78 Å². The van der Waals surface area contributed by atoms with Gasteiger partial charge in [-0.3, -0.25) is 0 Å². The molecule has 62 valence electrons. The maximum atomic E-state index is 11.9. The van der Waals surface area contributed by atoms with E-state index < -0.39 is 12.3 Å². The summed E-state index contributed by atoms with van der Waals surface area (Å²) in [6.45, 7) is 0.141. The summed E-state index contributed by atoms with van der Waals surface area (Å²) in [4.78, 5) is 0. The molecule has 0 heterocycles. The summed E-state index contributed by atoms with van der Waals surface area (Å²) in [6.07, 6.45) is -0.305. The fourth-order valence-electron chi connectivity index (χ4n) is 1.03. The molecule has 1 aliphatic rings. The van der Waals surface area contributed by atoms with E-state index in [1.807, 2.05) is 0 Å². The van der Waals surface area contributed by atoms with Gasteiger partial charge in [-0.25, -0.2) is 8.78 Å². The van der Waals surface area contributed by atoms with Crippen LogP contribution in [-0.4, -0.2) is 13.0 Å². The molecule has 1 atom stereocenters. The first-order valence-corrected chi connectivity index (χ1v) is 3.24. The van der Waals surface area contributed by atoms with Crippen molar-refractivity contribution in [2.24, 2.45) is 17.6 Å². The Morgan fingerprint density at radius 2 is 1.90 bits per heavy atom. The summed E-state index contributed by atoms with van der Waals surface area (Å²) in [7, 11) is 0. The Kier molecular flexibility index (Phi) is 4.13. The van der Waals surface area contributed by atoms with Gasteiger partial charge in [-0.2, -0.15) is 0 Å². The third-order valence-electron chi connectivity index (χ3n) is 1.82. The van der Waals surface area contributed by atoms with Crippen LogP contribution in [-0.2, 0) is 0 Å². The minimum absolute atomic E-state index is 0. The van der Waals surface area contributed by atoms with Gasteiger partial charge in [0.25, 0.3) is 0 Å². The number of rotatable bonds is 3. The highest BCUT2D eigenvalue weighted by Crippen LogP contribution is 2.39. The fourth-order valence-corrected chi connectivity index (χ4v) is 1.03. The van der Waals surface area contributed by atoms with E-state index in [1.54, 1.807) is 0 Å². The molecule has 1 fully saturated rings. The highest BCUT2D eigenvalue weighted by Gasteiger charge is 2.35. The van der Waals surface area contributed by atoms with Crippen molar-refractivity contribution in [2.75, 3.05) is 6.54 Å². The first-order valence-electron chi connectivity index (χ1n) is 3.24. The van der Waals surface area contributed by atoms with Crippen molar-refractivity contribution in [3.05, 3.63) is 0 Å². The molecule has 0 bridgehead atoms. The maximum absolute atomic E-state index is 11.9. The molecule has 0 aromatic carbocycles. The van der Waals surface area contributed by atoms with Crippen molar-refractivity contribution in [2.45, 2.75) is 19.3 Å². The maximum Gasteiger partial charge on any atom is 0.242 e. The number of alkyl halides is 2. The Morgan fingerprint density at radius 1 is 1.40 bits per heavy atom. The molecule has 0 aromatic heterocycles. The largest absolute Gasteiger partial charge is 0.330 e. The second-order valence-corrected chi connectivity index (χ2v) is 2.57. The second-order valence-electron chi connectivity index (χ2n) is 2.57.